The summed E-state index contributed by atoms with van der Waals surface area (Å²) < 4.78 is 3.99. The minimum atomic E-state index is 0.717. The maximum atomic E-state index is 4.58. The summed E-state index contributed by atoms with van der Waals surface area (Å²) in [6.07, 6.45) is 4.61. The third-order valence-electron chi connectivity index (χ3n) is 2.95. The van der Waals surface area contributed by atoms with Gasteiger partial charge in [0.15, 0.2) is 0 Å². The number of halogens is 2. The number of nitrogens with one attached hydrogen (secondary N) is 1. The van der Waals surface area contributed by atoms with E-state index in [0.717, 1.165) is 32.9 Å². The van der Waals surface area contributed by atoms with Crippen molar-refractivity contribution < 1.29 is 0 Å². The standard InChI is InChI=1S/C13H13Br2N3/c14-9-1-4-13(12(15)7-9)18-6-5-11(17-18)8-16-10-2-3-10/h1,4-7,10,16H,2-3,8H2. The van der Waals surface area contributed by atoms with E-state index in [-0.39, 0.29) is 0 Å². The Bertz CT molecular complexity index is 561. The molecule has 18 heavy (non-hydrogen) atoms. The van der Waals surface area contributed by atoms with Crippen LogP contribution in [-0.4, -0.2) is 15.8 Å². The van der Waals surface area contributed by atoms with E-state index in [1.165, 1.54) is 12.8 Å². The lowest BCUT2D eigenvalue weighted by Gasteiger charge is -2.05. The molecule has 1 aromatic heterocycles. The molecule has 3 rings (SSSR count). The molecule has 94 valence electrons. The van der Waals surface area contributed by atoms with E-state index in [1.807, 2.05) is 29.1 Å². The Balaban J connectivity index is 1.78. The molecule has 0 spiro atoms. The molecular formula is C13H13Br2N3. The van der Waals surface area contributed by atoms with Gasteiger partial charge in [-0.25, -0.2) is 4.68 Å². The molecule has 1 aromatic carbocycles. The van der Waals surface area contributed by atoms with E-state index >= 15 is 0 Å². The van der Waals surface area contributed by atoms with Crippen molar-refractivity contribution in [3.8, 4) is 5.69 Å². The molecule has 2 aromatic rings. The monoisotopic (exact) mass is 369 g/mol. The van der Waals surface area contributed by atoms with Crippen LogP contribution in [0.3, 0.4) is 0 Å². The van der Waals surface area contributed by atoms with E-state index < -0.39 is 0 Å². The van der Waals surface area contributed by atoms with Crippen molar-refractivity contribution in [1.29, 1.82) is 0 Å². The van der Waals surface area contributed by atoms with Gasteiger partial charge < -0.3 is 5.32 Å². The Hall–Kier alpha value is -0.650. The fourth-order valence-corrected chi connectivity index (χ4v) is 3.02. The third kappa shape index (κ3) is 2.84. The molecule has 5 heteroatoms. The van der Waals surface area contributed by atoms with Crippen LogP contribution >= 0.6 is 31.9 Å². The lowest BCUT2D eigenvalue weighted by Crippen LogP contribution is -2.15. The lowest BCUT2D eigenvalue weighted by molar-refractivity contribution is 0.664. The molecule has 1 fully saturated rings. The van der Waals surface area contributed by atoms with Crippen molar-refractivity contribution >= 4 is 31.9 Å². The topological polar surface area (TPSA) is 29.9 Å². The van der Waals surface area contributed by atoms with Gasteiger partial charge in [0.05, 0.1) is 11.4 Å². The average molecular weight is 371 g/mol. The Morgan fingerprint density at radius 2 is 2.11 bits per heavy atom. The first-order valence-corrected chi connectivity index (χ1v) is 7.54. The van der Waals surface area contributed by atoms with Gasteiger partial charge >= 0.3 is 0 Å². The van der Waals surface area contributed by atoms with Crippen LogP contribution < -0.4 is 5.32 Å². The third-order valence-corrected chi connectivity index (χ3v) is 4.08. The van der Waals surface area contributed by atoms with Crippen molar-refractivity contribution in [3.63, 3.8) is 0 Å². The summed E-state index contributed by atoms with van der Waals surface area (Å²) in [5.41, 5.74) is 2.13. The van der Waals surface area contributed by atoms with Crippen LogP contribution in [-0.2, 0) is 6.54 Å². The van der Waals surface area contributed by atoms with Crippen LogP contribution in [0.5, 0.6) is 0 Å². The number of benzene rings is 1. The molecule has 0 bridgehead atoms. The smallest absolute Gasteiger partial charge is 0.0788 e. The van der Waals surface area contributed by atoms with Crippen molar-refractivity contribution in [3.05, 3.63) is 45.1 Å². The van der Waals surface area contributed by atoms with Crippen LogP contribution in [0.2, 0.25) is 0 Å². The van der Waals surface area contributed by atoms with E-state index in [0.29, 0.717) is 0 Å². The van der Waals surface area contributed by atoms with E-state index in [4.69, 9.17) is 0 Å². The number of hydrogen-bond donors (Lipinski definition) is 1. The average Bonchev–Trinajstić information content (AvgIpc) is 3.05. The molecular weight excluding hydrogens is 358 g/mol. The maximum absolute atomic E-state index is 4.58. The fourth-order valence-electron chi connectivity index (χ4n) is 1.79. The highest BCUT2D eigenvalue weighted by Crippen LogP contribution is 2.25. The van der Waals surface area contributed by atoms with Crippen molar-refractivity contribution in [2.24, 2.45) is 0 Å². The zero-order chi connectivity index (χ0) is 12.5. The van der Waals surface area contributed by atoms with Gasteiger partial charge in [-0.05, 0) is 53.0 Å². The fraction of sp³-hybridized carbons (Fsp3) is 0.308. The Kier molecular flexibility index (Phi) is 3.54. The van der Waals surface area contributed by atoms with Gasteiger partial charge in [-0.1, -0.05) is 15.9 Å². The molecule has 1 saturated carbocycles. The molecule has 1 N–H and O–H groups in total. The van der Waals surface area contributed by atoms with Crippen molar-refractivity contribution in [1.82, 2.24) is 15.1 Å². The maximum Gasteiger partial charge on any atom is 0.0788 e. The lowest BCUT2D eigenvalue weighted by atomic mass is 10.3. The van der Waals surface area contributed by atoms with Crippen LogP contribution in [0.4, 0.5) is 0 Å². The zero-order valence-electron chi connectivity index (χ0n) is 9.74. The summed E-state index contributed by atoms with van der Waals surface area (Å²) in [5, 5.41) is 8.05. The number of aromatic nitrogens is 2. The van der Waals surface area contributed by atoms with Crippen LogP contribution in [0.1, 0.15) is 18.5 Å². The molecule has 1 aliphatic carbocycles. The number of nitrogens with zero attached hydrogens (tertiary/aromatic N) is 2. The summed E-state index contributed by atoms with van der Waals surface area (Å²) in [7, 11) is 0. The first-order chi connectivity index (χ1) is 8.72. The molecule has 3 nitrogen and oxygen atoms in total. The van der Waals surface area contributed by atoms with Gasteiger partial charge in [0.25, 0.3) is 0 Å². The number of hydrogen-bond acceptors (Lipinski definition) is 2. The van der Waals surface area contributed by atoms with Gasteiger partial charge in [-0.15, -0.1) is 0 Å². The second kappa shape index (κ2) is 5.15. The van der Waals surface area contributed by atoms with Gasteiger partial charge in [0, 0.05) is 27.7 Å². The Morgan fingerprint density at radius 3 is 2.83 bits per heavy atom. The Morgan fingerprint density at radius 1 is 1.28 bits per heavy atom. The molecule has 0 unspecified atom stereocenters. The zero-order valence-corrected chi connectivity index (χ0v) is 12.9. The molecule has 0 amide bonds. The quantitative estimate of drug-likeness (QED) is 0.890. The highest BCUT2D eigenvalue weighted by molar-refractivity contribution is 9.11. The van der Waals surface area contributed by atoms with Crippen molar-refractivity contribution in [2.45, 2.75) is 25.4 Å². The summed E-state index contributed by atoms with van der Waals surface area (Å²) in [4.78, 5) is 0. The van der Waals surface area contributed by atoms with Gasteiger partial charge in [0.1, 0.15) is 0 Å². The SMILES string of the molecule is Brc1ccc(-n2ccc(CNC3CC3)n2)c(Br)c1. The highest BCUT2D eigenvalue weighted by Gasteiger charge is 2.20. The summed E-state index contributed by atoms with van der Waals surface area (Å²) in [6.45, 7) is 0.853. The van der Waals surface area contributed by atoms with Gasteiger partial charge in [-0.3, -0.25) is 0 Å². The highest BCUT2D eigenvalue weighted by atomic mass is 79.9. The van der Waals surface area contributed by atoms with Crippen LogP contribution in [0.25, 0.3) is 5.69 Å². The van der Waals surface area contributed by atoms with E-state index in [9.17, 15) is 0 Å². The normalized spacial score (nSPS) is 15.0. The summed E-state index contributed by atoms with van der Waals surface area (Å²) in [5.74, 6) is 0. The molecule has 0 aliphatic heterocycles. The molecule has 1 aliphatic rings. The van der Waals surface area contributed by atoms with Crippen molar-refractivity contribution in [2.75, 3.05) is 0 Å². The van der Waals surface area contributed by atoms with E-state index in [1.54, 1.807) is 0 Å². The molecule has 0 radical (unpaired) electrons. The predicted octanol–water partition coefficient (Wildman–Crippen LogP) is 3.65. The minimum Gasteiger partial charge on any atom is -0.308 e. The van der Waals surface area contributed by atoms with Crippen LogP contribution in [0, 0.1) is 0 Å². The van der Waals surface area contributed by atoms with Gasteiger partial charge in [0.2, 0.25) is 0 Å². The first-order valence-electron chi connectivity index (χ1n) is 5.96. The van der Waals surface area contributed by atoms with Crippen LogP contribution in [0.15, 0.2) is 39.4 Å². The minimum absolute atomic E-state index is 0.717. The number of rotatable bonds is 4. The summed E-state index contributed by atoms with van der Waals surface area (Å²) >= 11 is 7.01. The molecule has 0 atom stereocenters. The molecule has 0 saturated heterocycles. The first kappa shape index (κ1) is 12.4. The largest absolute Gasteiger partial charge is 0.308 e. The summed E-state index contributed by atoms with van der Waals surface area (Å²) in [6, 6.07) is 8.86. The second-order valence-corrected chi connectivity index (χ2v) is 6.27. The predicted molar refractivity (Wildman–Crippen MR) is 78.8 cm³/mol. The molecule has 1 heterocycles. The van der Waals surface area contributed by atoms with Gasteiger partial charge in [-0.2, -0.15) is 5.10 Å². The van der Waals surface area contributed by atoms with E-state index in [2.05, 4.69) is 48.3 Å². The second-order valence-electron chi connectivity index (χ2n) is 4.50. The Labute approximate surface area is 123 Å².